The number of hydrogen-bond acceptors (Lipinski definition) is 3. The molecule has 2 rings (SSSR count). The van der Waals surface area contributed by atoms with Crippen LogP contribution < -0.4 is 10.2 Å². The van der Waals surface area contributed by atoms with Gasteiger partial charge < -0.3 is 15.1 Å². The molecule has 0 saturated carbocycles. The second-order valence-corrected chi connectivity index (χ2v) is 6.68. The van der Waals surface area contributed by atoms with E-state index in [1.807, 2.05) is 0 Å². The zero-order valence-electron chi connectivity index (χ0n) is 12.3. The molecule has 1 fully saturated rings. The Kier molecular flexibility index (Phi) is 4.87. The summed E-state index contributed by atoms with van der Waals surface area (Å²) in [6.45, 7) is 7.59. The van der Waals surface area contributed by atoms with Gasteiger partial charge in [0.05, 0.1) is 5.69 Å². The summed E-state index contributed by atoms with van der Waals surface area (Å²) < 4.78 is 1.20. The molecule has 4 heteroatoms. The molecule has 3 nitrogen and oxygen atoms in total. The van der Waals surface area contributed by atoms with Crippen molar-refractivity contribution in [1.29, 1.82) is 0 Å². The minimum Gasteiger partial charge on any atom is -0.365 e. The standard InChI is InChI=1S/C15H24BrN3/c1-11-5-6-15(14(16)7-11)19-10-13(9-18(3)4)17-8-12(19)2/h5-7,12-13,17H,8-10H2,1-4H3. The van der Waals surface area contributed by atoms with E-state index in [0.717, 1.165) is 19.6 Å². The highest BCUT2D eigenvalue weighted by atomic mass is 79.9. The van der Waals surface area contributed by atoms with E-state index < -0.39 is 0 Å². The van der Waals surface area contributed by atoms with Gasteiger partial charge in [-0.1, -0.05) is 6.07 Å². The quantitative estimate of drug-likeness (QED) is 0.921. The van der Waals surface area contributed by atoms with Crippen molar-refractivity contribution in [3.05, 3.63) is 28.2 Å². The second-order valence-electron chi connectivity index (χ2n) is 5.82. The Morgan fingerprint density at radius 2 is 2.16 bits per heavy atom. The molecular weight excluding hydrogens is 302 g/mol. The molecule has 0 amide bonds. The Balaban J connectivity index is 2.16. The summed E-state index contributed by atoms with van der Waals surface area (Å²) in [5, 5.41) is 3.63. The highest BCUT2D eigenvalue weighted by Gasteiger charge is 2.26. The number of nitrogens with zero attached hydrogens (tertiary/aromatic N) is 2. The van der Waals surface area contributed by atoms with Gasteiger partial charge in [0.2, 0.25) is 0 Å². The lowest BCUT2D eigenvalue weighted by Gasteiger charge is -2.41. The summed E-state index contributed by atoms with van der Waals surface area (Å²) in [5.74, 6) is 0. The fourth-order valence-electron chi connectivity index (χ4n) is 2.67. The molecule has 19 heavy (non-hydrogen) atoms. The Morgan fingerprint density at radius 1 is 1.42 bits per heavy atom. The third-order valence-corrected chi connectivity index (χ3v) is 4.28. The lowest BCUT2D eigenvalue weighted by Crippen LogP contribution is -2.58. The van der Waals surface area contributed by atoms with Crippen LogP contribution in [0.25, 0.3) is 0 Å². The number of likely N-dealkylation sites (N-methyl/N-ethyl adjacent to an activating group) is 1. The predicted molar refractivity (Wildman–Crippen MR) is 86.0 cm³/mol. The molecule has 0 aromatic heterocycles. The third kappa shape index (κ3) is 3.71. The number of benzene rings is 1. The summed E-state index contributed by atoms with van der Waals surface area (Å²) >= 11 is 3.71. The number of halogens is 1. The second kappa shape index (κ2) is 6.25. The third-order valence-electron chi connectivity index (χ3n) is 3.65. The van der Waals surface area contributed by atoms with E-state index >= 15 is 0 Å². The number of aryl methyl sites for hydroxylation is 1. The summed E-state index contributed by atoms with van der Waals surface area (Å²) in [6.07, 6.45) is 0. The zero-order valence-corrected chi connectivity index (χ0v) is 13.9. The van der Waals surface area contributed by atoms with Gasteiger partial charge in [0.15, 0.2) is 0 Å². The van der Waals surface area contributed by atoms with Crippen LogP contribution in [0.1, 0.15) is 12.5 Å². The molecule has 1 N–H and O–H groups in total. The topological polar surface area (TPSA) is 18.5 Å². The van der Waals surface area contributed by atoms with Gasteiger partial charge in [-0.3, -0.25) is 0 Å². The Hall–Kier alpha value is -0.580. The lowest BCUT2D eigenvalue weighted by molar-refractivity contribution is 0.306. The lowest BCUT2D eigenvalue weighted by atomic mass is 10.1. The van der Waals surface area contributed by atoms with Crippen LogP contribution in [0, 0.1) is 6.92 Å². The molecule has 0 spiro atoms. The first-order valence-electron chi connectivity index (χ1n) is 6.88. The van der Waals surface area contributed by atoms with E-state index in [-0.39, 0.29) is 0 Å². The highest BCUT2D eigenvalue weighted by molar-refractivity contribution is 9.10. The molecule has 1 aliphatic rings. The fraction of sp³-hybridized carbons (Fsp3) is 0.600. The van der Waals surface area contributed by atoms with Gasteiger partial charge in [0.1, 0.15) is 0 Å². The molecule has 1 saturated heterocycles. The first kappa shape index (κ1) is 14.8. The van der Waals surface area contributed by atoms with Gasteiger partial charge in [0.25, 0.3) is 0 Å². The van der Waals surface area contributed by atoms with Crippen LogP contribution in [-0.4, -0.2) is 50.7 Å². The van der Waals surface area contributed by atoms with Crippen LogP contribution in [0.15, 0.2) is 22.7 Å². The number of rotatable bonds is 3. The van der Waals surface area contributed by atoms with Crippen molar-refractivity contribution < 1.29 is 0 Å². The average Bonchev–Trinajstić information content (AvgIpc) is 2.31. The number of piperazine rings is 1. The molecule has 1 heterocycles. The molecule has 1 aromatic rings. The minimum absolute atomic E-state index is 0.525. The molecule has 0 aliphatic carbocycles. The number of nitrogens with one attached hydrogen (secondary N) is 1. The van der Waals surface area contributed by atoms with Crippen molar-refractivity contribution in [3.63, 3.8) is 0 Å². The molecular formula is C15H24BrN3. The Morgan fingerprint density at radius 3 is 2.79 bits per heavy atom. The summed E-state index contributed by atoms with van der Waals surface area (Å²) in [5.41, 5.74) is 2.60. The molecule has 1 aliphatic heterocycles. The zero-order chi connectivity index (χ0) is 14.0. The van der Waals surface area contributed by atoms with Crippen molar-refractivity contribution in [3.8, 4) is 0 Å². The van der Waals surface area contributed by atoms with E-state index in [4.69, 9.17) is 0 Å². The van der Waals surface area contributed by atoms with Crippen LogP contribution in [0.2, 0.25) is 0 Å². The van der Waals surface area contributed by atoms with E-state index in [1.165, 1.54) is 15.7 Å². The van der Waals surface area contributed by atoms with Crippen LogP contribution in [0.4, 0.5) is 5.69 Å². The van der Waals surface area contributed by atoms with Crippen LogP contribution in [0.5, 0.6) is 0 Å². The summed E-state index contributed by atoms with van der Waals surface area (Å²) in [6, 6.07) is 7.67. The molecule has 2 atom stereocenters. The average molecular weight is 326 g/mol. The number of hydrogen-bond donors (Lipinski definition) is 1. The van der Waals surface area contributed by atoms with Gasteiger partial charge >= 0.3 is 0 Å². The molecule has 1 aromatic carbocycles. The van der Waals surface area contributed by atoms with E-state index in [9.17, 15) is 0 Å². The van der Waals surface area contributed by atoms with Crippen molar-refractivity contribution in [1.82, 2.24) is 10.2 Å². The smallest absolute Gasteiger partial charge is 0.0514 e. The number of anilines is 1. The summed E-state index contributed by atoms with van der Waals surface area (Å²) in [4.78, 5) is 4.75. The minimum atomic E-state index is 0.525. The first-order chi connectivity index (χ1) is 8.97. The highest BCUT2D eigenvalue weighted by Crippen LogP contribution is 2.29. The summed E-state index contributed by atoms with van der Waals surface area (Å²) in [7, 11) is 4.26. The van der Waals surface area contributed by atoms with Gasteiger partial charge in [-0.05, 0) is 61.6 Å². The first-order valence-corrected chi connectivity index (χ1v) is 7.67. The molecule has 106 valence electrons. The largest absolute Gasteiger partial charge is 0.365 e. The van der Waals surface area contributed by atoms with Crippen LogP contribution in [-0.2, 0) is 0 Å². The maximum absolute atomic E-state index is 3.71. The maximum Gasteiger partial charge on any atom is 0.0514 e. The van der Waals surface area contributed by atoms with Crippen LogP contribution in [0.3, 0.4) is 0 Å². The SMILES string of the molecule is Cc1ccc(N2CC(CN(C)C)NCC2C)c(Br)c1. The predicted octanol–water partition coefficient (Wildman–Crippen LogP) is 2.49. The molecule has 0 radical (unpaired) electrons. The fourth-order valence-corrected chi connectivity index (χ4v) is 3.39. The Bertz CT molecular complexity index is 433. The molecule has 0 bridgehead atoms. The monoisotopic (exact) mass is 325 g/mol. The van der Waals surface area contributed by atoms with Gasteiger partial charge in [-0.2, -0.15) is 0 Å². The van der Waals surface area contributed by atoms with E-state index in [1.54, 1.807) is 0 Å². The normalized spacial score (nSPS) is 24.0. The van der Waals surface area contributed by atoms with Crippen molar-refractivity contribution in [2.75, 3.05) is 38.6 Å². The van der Waals surface area contributed by atoms with Gasteiger partial charge in [-0.25, -0.2) is 0 Å². The Labute approximate surface area is 125 Å². The molecule has 2 unspecified atom stereocenters. The van der Waals surface area contributed by atoms with Crippen molar-refractivity contribution in [2.24, 2.45) is 0 Å². The van der Waals surface area contributed by atoms with E-state index in [2.05, 4.69) is 77.2 Å². The van der Waals surface area contributed by atoms with Crippen molar-refractivity contribution in [2.45, 2.75) is 25.9 Å². The van der Waals surface area contributed by atoms with Gasteiger partial charge in [0, 0.05) is 36.2 Å². The van der Waals surface area contributed by atoms with Gasteiger partial charge in [-0.15, -0.1) is 0 Å². The van der Waals surface area contributed by atoms with E-state index in [0.29, 0.717) is 12.1 Å². The van der Waals surface area contributed by atoms with Crippen molar-refractivity contribution >= 4 is 21.6 Å². The van der Waals surface area contributed by atoms with Crippen LogP contribution >= 0.6 is 15.9 Å². The maximum atomic E-state index is 3.71.